The first-order chi connectivity index (χ1) is 15.9. The molecule has 19 heteroatoms. The highest BCUT2D eigenvalue weighted by Gasteiger charge is 2.62. The van der Waals surface area contributed by atoms with E-state index in [1.807, 2.05) is 0 Å². The number of ether oxygens (including phenoxy) is 2. The van der Waals surface area contributed by atoms with E-state index in [0.717, 1.165) is 42.7 Å². The monoisotopic (exact) mass is 581 g/mol. The minimum Gasteiger partial charge on any atom is -0.426 e. The third kappa shape index (κ3) is 8.70. The topological polar surface area (TPSA) is 113 Å². The number of hydrogen-bond acceptors (Lipinski definition) is 6. The summed E-state index contributed by atoms with van der Waals surface area (Å²) in [5, 5.41) is 4.71. The molecule has 0 saturated heterocycles. The third-order valence-corrected chi connectivity index (χ3v) is 5.61. The molecule has 0 atom stereocenters. The van der Waals surface area contributed by atoms with Gasteiger partial charge in [0.15, 0.2) is 9.84 Å². The predicted octanol–water partition coefficient (Wildman–Crippen LogP) is 4.49. The van der Waals surface area contributed by atoms with Gasteiger partial charge in [-0.05, 0) is 48.5 Å². The van der Waals surface area contributed by atoms with E-state index >= 15 is 0 Å². The van der Waals surface area contributed by atoms with E-state index in [1.165, 1.54) is 0 Å². The van der Waals surface area contributed by atoms with Gasteiger partial charge in [-0.25, -0.2) is 22.0 Å². The Labute approximate surface area is 196 Å². The first kappa shape index (κ1) is 31.2. The van der Waals surface area contributed by atoms with Gasteiger partial charge in [-0.3, -0.25) is 0 Å². The molecule has 2 aromatic rings. The summed E-state index contributed by atoms with van der Waals surface area (Å²) in [6, 6.07) is 5.95. The fraction of sp³-hybridized carbons (Fsp3) is 0.294. The molecule has 0 bridgehead atoms. The minimum atomic E-state index is -5.87. The molecule has 0 aromatic heterocycles. The zero-order valence-electron chi connectivity index (χ0n) is 17.2. The average Bonchev–Trinajstić information content (AvgIpc) is 2.65. The molecule has 204 valence electrons. The van der Waals surface area contributed by atoms with Crippen LogP contribution in [0.4, 0.5) is 43.9 Å². The summed E-state index contributed by atoms with van der Waals surface area (Å²) < 4.78 is 171. The van der Waals surface area contributed by atoms with Crippen molar-refractivity contribution in [3.05, 3.63) is 48.5 Å². The number of halogens is 10. The first-order valence-corrected chi connectivity index (χ1v) is 12.0. The molecular weight excluding hydrogens is 568 g/mol. The van der Waals surface area contributed by atoms with Crippen LogP contribution in [0.5, 0.6) is 11.5 Å². The Kier molecular flexibility index (Phi) is 8.92. The van der Waals surface area contributed by atoms with Crippen LogP contribution in [0.15, 0.2) is 58.3 Å². The number of rotatable bonds is 6. The molecule has 0 fully saturated rings. The van der Waals surface area contributed by atoms with Gasteiger partial charge in [0.25, 0.3) is 0 Å². The number of primary sulfonamides is 1. The maximum absolute atomic E-state index is 12.5. The summed E-state index contributed by atoms with van der Waals surface area (Å²) in [5.74, 6) is -1.63. The van der Waals surface area contributed by atoms with Crippen molar-refractivity contribution in [2.75, 3.05) is 6.26 Å². The van der Waals surface area contributed by atoms with E-state index in [-0.39, 0.29) is 4.90 Å². The van der Waals surface area contributed by atoms with Gasteiger partial charge in [0.05, 0.1) is 9.79 Å². The Morgan fingerprint density at radius 1 is 0.583 bits per heavy atom. The van der Waals surface area contributed by atoms with E-state index < -0.39 is 60.8 Å². The lowest BCUT2D eigenvalue weighted by atomic mass is 10.3. The smallest absolute Gasteiger partial charge is 0.426 e. The molecular formula is C17H13F10NO6S2. The van der Waals surface area contributed by atoms with Gasteiger partial charge in [0.1, 0.15) is 11.5 Å². The van der Waals surface area contributed by atoms with Crippen molar-refractivity contribution in [3.63, 3.8) is 0 Å². The van der Waals surface area contributed by atoms with E-state index in [1.54, 1.807) is 0 Å². The first-order valence-electron chi connectivity index (χ1n) is 8.57. The third-order valence-electron chi connectivity index (χ3n) is 3.56. The zero-order valence-corrected chi connectivity index (χ0v) is 18.9. The number of hydrogen-bond donors (Lipinski definition) is 1. The van der Waals surface area contributed by atoms with Gasteiger partial charge >= 0.3 is 24.6 Å². The van der Waals surface area contributed by atoms with Gasteiger partial charge in [-0.1, -0.05) is 0 Å². The Morgan fingerprint density at radius 2 is 0.861 bits per heavy atom. The number of sulfone groups is 1. The highest BCUT2D eigenvalue weighted by atomic mass is 32.2. The van der Waals surface area contributed by atoms with Crippen LogP contribution in [0.2, 0.25) is 0 Å². The Morgan fingerprint density at radius 3 is 1.08 bits per heavy atom. The zero-order chi connectivity index (χ0) is 28.4. The summed E-state index contributed by atoms with van der Waals surface area (Å²) in [6.45, 7) is 0. The second kappa shape index (κ2) is 10.3. The van der Waals surface area contributed by atoms with Crippen LogP contribution in [0.25, 0.3) is 0 Å². The largest absolute Gasteiger partial charge is 0.499 e. The quantitative estimate of drug-likeness (QED) is 0.504. The van der Waals surface area contributed by atoms with Gasteiger partial charge in [0, 0.05) is 6.26 Å². The van der Waals surface area contributed by atoms with Crippen LogP contribution in [-0.2, 0) is 19.9 Å². The predicted molar refractivity (Wildman–Crippen MR) is 101 cm³/mol. The van der Waals surface area contributed by atoms with Crippen molar-refractivity contribution in [1.82, 2.24) is 0 Å². The number of sulfonamides is 1. The standard InChI is InChI=1S/C9H7F5O3S.C8H6F5NO3S/c1-18(15,16)7-4-2-6(3-5-7)17-9(13,14)8(10,11)12;9-7(10,11)8(12,13)17-5-1-3-6(4-2-5)18(14,15)16/h2-5H,1H3;1-4H,(H2,14,15,16). The van der Waals surface area contributed by atoms with Crippen LogP contribution < -0.4 is 14.6 Å². The number of alkyl halides is 10. The molecule has 0 heterocycles. The fourth-order valence-corrected chi connectivity index (χ4v) is 3.01. The van der Waals surface area contributed by atoms with E-state index in [9.17, 15) is 60.7 Å². The van der Waals surface area contributed by atoms with Crippen molar-refractivity contribution in [2.24, 2.45) is 5.14 Å². The lowest BCUT2D eigenvalue weighted by Gasteiger charge is -2.20. The Hall–Kier alpha value is -2.80. The van der Waals surface area contributed by atoms with Crippen LogP contribution >= 0.6 is 0 Å². The lowest BCUT2D eigenvalue weighted by Crippen LogP contribution is -2.41. The molecule has 0 aliphatic heterocycles. The summed E-state index contributed by atoms with van der Waals surface area (Å²) >= 11 is 0. The van der Waals surface area contributed by atoms with E-state index in [4.69, 9.17) is 5.14 Å². The van der Waals surface area contributed by atoms with Crippen molar-refractivity contribution < 1.29 is 70.2 Å². The molecule has 0 saturated carbocycles. The van der Waals surface area contributed by atoms with Crippen molar-refractivity contribution >= 4 is 19.9 Å². The van der Waals surface area contributed by atoms with Crippen LogP contribution in [0, 0.1) is 0 Å². The molecule has 36 heavy (non-hydrogen) atoms. The molecule has 0 radical (unpaired) electrons. The Balaban J connectivity index is 0.000000360. The van der Waals surface area contributed by atoms with Crippen molar-refractivity contribution in [3.8, 4) is 11.5 Å². The van der Waals surface area contributed by atoms with Crippen LogP contribution in [0.3, 0.4) is 0 Å². The second-order valence-electron chi connectivity index (χ2n) is 6.49. The van der Waals surface area contributed by atoms with E-state index in [0.29, 0.717) is 12.1 Å². The van der Waals surface area contributed by atoms with Gasteiger partial charge in [-0.2, -0.15) is 43.9 Å². The van der Waals surface area contributed by atoms with Crippen molar-refractivity contribution in [2.45, 2.75) is 34.4 Å². The summed E-state index contributed by atoms with van der Waals surface area (Å²) in [7, 11) is -7.61. The Bertz CT molecular complexity index is 1140. The maximum atomic E-state index is 12.5. The minimum absolute atomic E-state index is 0.217. The van der Waals surface area contributed by atoms with Gasteiger partial charge < -0.3 is 9.47 Å². The molecule has 0 aliphatic rings. The molecule has 0 amide bonds. The van der Waals surface area contributed by atoms with Crippen LogP contribution in [0.1, 0.15) is 0 Å². The SMILES string of the molecule is CS(=O)(=O)c1ccc(OC(F)(F)C(F)(F)F)cc1.NS(=O)(=O)c1ccc(OC(F)(F)C(F)(F)F)cc1. The molecule has 0 spiro atoms. The van der Waals surface area contributed by atoms with Gasteiger partial charge in [-0.15, -0.1) is 0 Å². The van der Waals surface area contributed by atoms with Crippen LogP contribution in [-0.4, -0.2) is 47.7 Å². The fourth-order valence-electron chi connectivity index (χ4n) is 1.86. The second-order valence-corrected chi connectivity index (χ2v) is 10.1. The highest BCUT2D eigenvalue weighted by molar-refractivity contribution is 7.90. The molecule has 2 rings (SSSR count). The number of benzene rings is 2. The number of nitrogens with two attached hydrogens (primary N) is 1. The normalized spacial score (nSPS) is 13.4. The summed E-state index contributed by atoms with van der Waals surface area (Å²) in [4.78, 5) is -0.657. The molecule has 2 N–H and O–H groups in total. The molecule has 0 unspecified atom stereocenters. The van der Waals surface area contributed by atoms with Crippen molar-refractivity contribution in [1.29, 1.82) is 0 Å². The highest BCUT2D eigenvalue weighted by Crippen LogP contribution is 2.38. The molecule has 0 aliphatic carbocycles. The average molecular weight is 581 g/mol. The summed E-state index contributed by atoms with van der Waals surface area (Å²) in [6.07, 6.45) is -21.5. The summed E-state index contributed by atoms with van der Waals surface area (Å²) in [5.41, 5.74) is 0. The molecule has 7 nitrogen and oxygen atoms in total. The lowest BCUT2D eigenvalue weighted by molar-refractivity contribution is -0.360. The van der Waals surface area contributed by atoms with E-state index in [2.05, 4.69) is 9.47 Å². The molecule has 2 aromatic carbocycles. The van der Waals surface area contributed by atoms with Gasteiger partial charge in [0.2, 0.25) is 10.0 Å². The maximum Gasteiger partial charge on any atom is 0.499 e.